The fraction of sp³-hybridized carbons (Fsp3) is 0.250. The zero-order valence-electron chi connectivity index (χ0n) is 21.7. The van der Waals surface area contributed by atoms with Gasteiger partial charge in [0.05, 0.1) is 14.2 Å². The summed E-state index contributed by atoms with van der Waals surface area (Å²) in [5.41, 5.74) is 8.21. The van der Waals surface area contributed by atoms with E-state index in [1.54, 1.807) is 0 Å². The molecule has 0 saturated carbocycles. The van der Waals surface area contributed by atoms with E-state index in [-0.39, 0.29) is 23.1 Å². The van der Waals surface area contributed by atoms with Gasteiger partial charge in [0, 0.05) is 24.2 Å². The Morgan fingerprint density at radius 1 is 0.811 bits per heavy atom. The molecule has 0 amide bonds. The highest BCUT2D eigenvalue weighted by atomic mass is 16.5. The number of nitrogens with zero attached hydrogens (tertiary/aromatic N) is 1. The number of fused-ring (bicyclic) bond motifs is 3. The predicted molar refractivity (Wildman–Crippen MR) is 145 cm³/mol. The van der Waals surface area contributed by atoms with Crippen molar-refractivity contribution in [2.45, 2.75) is 32.7 Å². The van der Waals surface area contributed by atoms with Crippen LogP contribution in [0.4, 0.5) is 0 Å². The van der Waals surface area contributed by atoms with Crippen LogP contribution in [0, 0.1) is 5.92 Å². The molecule has 0 fully saturated rings. The second-order valence-corrected chi connectivity index (χ2v) is 9.93. The Hall–Kier alpha value is -4.12. The number of hydrogen-bond acceptors (Lipinski definition) is 4. The van der Waals surface area contributed by atoms with Gasteiger partial charge >= 0.3 is 11.9 Å². The summed E-state index contributed by atoms with van der Waals surface area (Å²) >= 11 is 0. The minimum absolute atomic E-state index is 0.223. The molecule has 0 radical (unpaired) electrons. The van der Waals surface area contributed by atoms with Gasteiger partial charge in [0.2, 0.25) is 0 Å². The summed E-state index contributed by atoms with van der Waals surface area (Å²) in [6, 6.07) is 25.4. The van der Waals surface area contributed by atoms with E-state index in [0.29, 0.717) is 12.1 Å². The zero-order valence-corrected chi connectivity index (χ0v) is 21.7. The maximum absolute atomic E-state index is 13.0. The summed E-state index contributed by atoms with van der Waals surface area (Å²) in [6.45, 7) is 4.71. The number of aromatic nitrogens is 1. The van der Waals surface area contributed by atoms with Gasteiger partial charge in [-0.1, -0.05) is 80.6 Å². The highest BCUT2D eigenvalue weighted by Crippen LogP contribution is 2.47. The van der Waals surface area contributed by atoms with Crippen molar-refractivity contribution < 1.29 is 19.1 Å². The molecule has 0 spiro atoms. The molecule has 0 N–H and O–H groups in total. The lowest BCUT2D eigenvalue weighted by Gasteiger charge is -2.14. The van der Waals surface area contributed by atoms with E-state index < -0.39 is 11.9 Å². The molecule has 1 aromatic heterocycles. The van der Waals surface area contributed by atoms with Crippen LogP contribution in [0.5, 0.6) is 0 Å². The van der Waals surface area contributed by atoms with Gasteiger partial charge in [-0.2, -0.15) is 0 Å². The van der Waals surface area contributed by atoms with E-state index in [1.807, 2.05) is 22.9 Å². The van der Waals surface area contributed by atoms with E-state index in [4.69, 9.17) is 9.47 Å². The van der Waals surface area contributed by atoms with Crippen molar-refractivity contribution >= 4 is 11.9 Å². The van der Waals surface area contributed by atoms with Crippen molar-refractivity contribution in [1.82, 2.24) is 4.57 Å². The highest BCUT2D eigenvalue weighted by Gasteiger charge is 2.32. The molecule has 0 bridgehead atoms. The largest absolute Gasteiger partial charge is 0.465 e. The van der Waals surface area contributed by atoms with E-state index in [9.17, 15) is 9.59 Å². The van der Waals surface area contributed by atoms with Gasteiger partial charge in [-0.15, -0.1) is 0 Å². The second-order valence-electron chi connectivity index (χ2n) is 9.93. The Labute approximate surface area is 217 Å². The first-order valence-corrected chi connectivity index (χ1v) is 12.6. The number of ether oxygens (including phenoxy) is 2. The second kappa shape index (κ2) is 10.1. The third kappa shape index (κ3) is 4.46. The van der Waals surface area contributed by atoms with Gasteiger partial charge in [-0.25, -0.2) is 9.59 Å². The van der Waals surface area contributed by atoms with Crippen LogP contribution < -0.4 is 0 Å². The maximum Gasteiger partial charge on any atom is 0.355 e. The average molecular weight is 494 g/mol. The summed E-state index contributed by atoms with van der Waals surface area (Å²) in [6.07, 6.45) is 2.79. The molecule has 5 nitrogen and oxygen atoms in total. The molecule has 1 unspecified atom stereocenters. The van der Waals surface area contributed by atoms with E-state index >= 15 is 0 Å². The lowest BCUT2D eigenvalue weighted by Crippen LogP contribution is -2.17. The molecule has 188 valence electrons. The monoisotopic (exact) mass is 493 g/mol. The highest BCUT2D eigenvalue weighted by molar-refractivity contribution is 6.07. The molecule has 1 heterocycles. The standard InChI is InChI=1S/C32H31NO4/c1-20(2)18-33-19-28(29(31(34)36-3)30(33)32(35)37-4)22-14-15-25-26(16-21-10-6-5-7-11-21)23-12-8-9-13-24(23)27(25)17-22/h5-15,17,19-20,26H,16,18H2,1-4H3. The molecule has 5 heteroatoms. The summed E-state index contributed by atoms with van der Waals surface area (Å²) in [7, 11) is 2.66. The van der Waals surface area contributed by atoms with Gasteiger partial charge in [-0.3, -0.25) is 0 Å². The Kier molecular flexibility index (Phi) is 6.70. The van der Waals surface area contributed by atoms with Crippen LogP contribution in [0.3, 0.4) is 0 Å². The normalized spacial score (nSPS) is 13.8. The number of carbonyl (C=O) groups is 2. The fourth-order valence-electron chi connectivity index (χ4n) is 5.48. The summed E-state index contributed by atoms with van der Waals surface area (Å²) in [5, 5.41) is 0. The minimum Gasteiger partial charge on any atom is -0.465 e. The van der Waals surface area contributed by atoms with Crippen LogP contribution >= 0.6 is 0 Å². The van der Waals surface area contributed by atoms with E-state index in [0.717, 1.165) is 17.5 Å². The van der Waals surface area contributed by atoms with Gasteiger partial charge in [0.25, 0.3) is 0 Å². The molecule has 1 aliphatic carbocycles. The van der Waals surface area contributed by atoms with Crippen LogP contribution in [-0.4, -0.2) is 30.7 Å². The van der Waals surface area contributed by atoms with Gasteiger partial charge in [0.15, 0.2) is 0 Å². The molecular weight excluding hydrogens is 462 g/mol. The molecule has 4 aromatic rings. The molecule has 37 heavy (non-hydrogen) atoms. The molecular formula is C32H31NO4. The average Bonchev–Trinajstić information content (AvgIpc) is 3.44. The lowest BCUT2D eigenvalue weighted by atomic mass is 9.89. The van der Waals surface area contributed by atoms with Crippen LogP contribution in [0.1, 0.15) is 57.3 Å². The number of hydrogen-bond donors (Lipinski definition) is 0. The smallest absolute Gasteiger partial charge is 0.355 e. The van der Waals surface area contributed by atoms with E-state index in [2.05, 4.69) is 74.5 Å². The number of esters is 2. The third-order valence-electron chi connectivity index (χ3n) is 7.06. The number of carbonyl (C=O) groups excluding carboxylic acids is 2. The number of rotatable bonds is 7. The quantitative estimate of drug-likeness (QED) is 0.268. The van der Waals surface area contributed by atoms with Crippen LogP contribution in [0.15, 0.2) is 79.0 Å². The molecule has 5 rings (SSSR count). The number of benzene rings is 3. The Morgan fingerprint density at radius 2 is 1.49 bits per heavy atom. The molecule has 1 atom stereocenters. The SMILES string of the molecule is COC(=O)c1c(-c2ccc3c(c2)-c2ccccc2C3Cc2ccccc2)cn(CC(C)C)c1C(=O)OC. The predicted octanol–water partition coefficient (Wildman–Crippen LogP) is 6.74. The van der Waals surface area contributed by atoms with Crippen molar-refractivity contribution in [1.29, 1.82) is 0 Å². The van der Waals surface area contributed by atoms with Gasteiger partial charge < -0.3 is 14.0 Å². The molecule has 0 aliphatic heterocycles. The topological polar surface area (TPSA) is 57.5 Å². The Morgan fingerprint density at radius 3 is 2.19 bits per heavy atom. The van der Waals surface area contributed by atoms with Crippen molar-refractivity contribution in [2.24, 2.45) is 5.92 Å². The van der Waals surface area contributed by atoms with Crippen LogP contribution in [0.2, 0.25) is 0 Å². The minimum atomic E-state index is -0.555. The molecule has 3 aromatic carbocycles. The fourth-order valence-corrected chi connectivity index (χ4v) is 5.48. The van der Waals surface area contributed by atoms with Crippen molar-refractivity contribution in [3.8, 4) is 22.3 Å². The summed E-state index contributed by atoms with van der Waals surface area (Å²) in [4.78, 5) is 25.8. The first kappa shape index (κ1) is 24.6. The maximum atomic E-state index is 13.0. The summed E-state index contributed by atoms with van der Waals surface area (Å²) in [5.74, 6) is -0.596. The Bertz CT molecular complexity index is 1470. The van der Waals surface area contributed by atoms with Crippen LogP contribution in [0.25, 0.3) is 22.3 Å². The zero-order chi connectivity index (χ0) is 26.1. The lowest BCUT2D eigenvalue weighted by molar-refractivity contribution is 0.0547. The van der Waals surface area contributed by atoms with Crippen LogP contribution in [-0.2, 0) is 22.4 Å². The van der Waals surface area contributed by atoms with Crippen molar-refractivity contribution in [3.63, 3.8) is 0 Å². The first-order valence-electron chi connectivity index (χ1n) is 12.6. The van der Waals surface area contributed by atoms with Gasteiger partial charge in [-0.05, 0) is 51.8 Å². The third-order valence-corrected chi connectivity index (χ3v) is 7.06. The Balaban J connectivity index is 1.67. The number of methoxy groups -OCH3 is 2. The molecule has 0 saturated heterocycles. The molecule has 1 aliphatic rings. The van der Waals surface area contributed by atoms with E-state index in [1.165, 1.54) is 36.5 Å². The first-order chi connectivity index (χ1) is 17.9. The van der Waals surface area contributed by atoms with Gasteiger partial charge in [0.1, 0.15) is 11.3 Å². The summed E-state index contributed by atoms with van der Waals surface area (Å²) < 4.78 is 12.0. The van der Waals surface area contributed by atoms with Crippen molar-refractivity contribution in [2.75, 3.05) is 14.2 Å². The van der Waals surface area contributed by atoms with Crippen molar-refractivity contribution in [3.05, 3.63) is 107 Å².